The lowest BCUT2D eigenvalue weighted by Gasteiger charge is -2.14. The lowest BCUT2D eigenvalue weighted by molar-refractivity contribution is -0.127. The van der Waals surface area contributed by atoms with E-state index in [0.717, 1.165) is 0 Å². The third-order valence-electron chi connectivity index (χ3n) is 2.79. The predicted octanol–water partition coefficient (Wildman–Crippen LogP) is 1.36. The number of nitrogens with one attached hydrogen (secondary N) is 2. The Balaban J connectivity index is 2.88. The molecule has 9 heteroatoms. The fourth-order valence-corrected chi connectivity index (χ4v) is 1.88. The minimum atomic E-state index is -1.17. The van der Waals surface area contributed by atoms with Crippen LogP contribution in [0.3, 0.4) is 0 Å². The first-order valence-corrected chi connectivity index (χ1v) is 6.86. The molecule has 3 amide bonds. The van der Waals surface area contributed by atoms with Crippen LogP contribution in [-0.2, 0) is 9.53 Å². The van der Waals surface area contributed by atoms with Crippen LogP contribution in [0.4, 0.5) is 4.79 Å². The maximum atomic E-state index is 12.1. The zero-order chi connectivity index (χ0) is 17.6. The summed E-state index contributed by atoms with van der Waals surface area (Å²) in [6.07, 6.45) is -1.17. The Kier molecular flexibility index (Phi) is 6.65. The van der Waals surface area contributed by atoms with Crippen LogP contribution in [0.5, 0.6) is 11.5 Å². The van der Waals surface area contributed by atoms with Gasteiger partial charge in [-0.25, -0.2) is 9.59 Å². The molecule has 0 saturated heterocycles. The van der Waals surface area contributed by atoms with Gasteiger partial charge in [0, 0.05) is 7.05 Å². The number of hydrogen-bond donors (Lipinski definition) is 2. The topological polar surface area (TPSA) is 103 Å². The van der Waals surface area contributed by atoms with E-state index in [1.165, 1.54) is 40.3 Å². The Morgan fingerprint density at radius 1 is 1.17 bits per heavy atom. The third-order valence-corrected chi connectivity index (χ3v) is 3.07. The molecule has 8 nitrogen and oxygen atoms in total. The summed E-state index contributed by atoms with van der Waals surface area (Å²) in [4.78, 5) is 34.8. The van der Waals surface area contributed by atoms with Crippen molar-refractivity contribution in [2.45, 2.75) is 13.0 Å². The highest BCUT2D eigenvalue weighted by Crippen LogP contribution is 2.36. The minimum absolute atomic E-state index is 0.0762. The molecule has 0 heterocycles. The maximum Gasteiger partial charge on any atom is 0.339 e. The Labute approximate surface area is 138 Å². The van der Waals surface area contributed by atoms with E-state index < -0.39 is 24.0 Å². The predicted molar refractivity (Wildman–Crippen MR) is 82.0 cm³/mol. The van der Waals surface area contributed by atoms with Crippen LogP contribution in [0.1, 0.15) is 17.3 Å². The number of methoxy groups -OCH3 is 2. The van der Waals surface area contributed by atoms with Crippen molar-refractivity contribution in [2.24, 2.45) is 0 Å². The fourth-order valence-electron chi connectivity index (χ4n) is 1.59. The molecular formula is C14H17ClN2O6. The average molecular weight is 345 g/mol. The number of carbonyl (C=O) groups is 3. The van der Waals surface area contributed by atoms with Crippen LogP contribution >= 0.6 is 11.6 Å². The van der Waals surface area contributed by atoms with Gasteiger partial charge in [0.05, 0.1) is 24.8 Å². The highest BCUT2D eigenvalue weighted by molar-refractivity contribution is 6.32. The SMILES string of the molecule is CNC(=O)NC(=O)[C@H](C)OC(=O)c1cc(Cl)c(OC)c(OC)c1. The van der Waals surface area contributed by atoms with Gasteiger partial charge in [0.1, 0.15) is 0 Å². The molecule has 2 N–H and O–H groups in total. The zero-order valence-electron chi connectivity index (χ0n) is 13.1. The lowest BCUT2D eigenvalue weighted by atomic mass is 10.2. The normalized spacial score (nSPS) is 11.2. The van der Waals surface area contributed by atoms with Crippen molar-refractivity contribution < 1.29 is 28.6 Å². The molecule has 1 aromatic carbocycles. The summed E-state index contributed by atoms with van der Waals surface area (Å²) in [5.74, 6) is -1.04. The Hall–Kier alpha value is -2.48. The largest absolute Gasteiger partial charge is 0.493 e. The summed E-state index contributed by atoms with van der Waals surface area (Å²) in [5, 5.41) is 4.37. The van der Waals surface area contributed by atoms with Gasteiger partial charge < -0.3 is 19.5 Å². The molecule has 0 aliphatic rings. The van der Waals surface area contributed by atoms with Gasteiger partial charge in [-0.3, -0.25) is 10.1 Å². The molecule has 0 aliphatic heterocycles. The van der Waals surface area contributed by atoms with Gasteiger partial charge >= 0.3 is 12.0 Å². The summed E-state index contributed by atoms with van der Waals surface area (Å²) in [7, 11) is 4.15. The first kappa shape index (κ1) is 18.6. The number of imide groups is 1. The highest BCUT2D eigenvalue weighted by Gasteiger charge is 2.22. The van der Waals surface area contributed by atoms with Gasteiger partial charge in [-0.05, 0) is 19.1 Å². The van der Waals surface area contributed by atoms with Crippen LogP contribution in [0, 0.1) is 0 Å². The molecule has 23 heavy (non-hydrogen) atoms. The molecule has 1 atom stereocenters. The number of hydrogen-bond acceptors (Lipinski definition) is 6. The number of halogens is 1. The lowest BCUT2D eigenvalue weighted by Crippen LogP contribution is -2.43. The Bertz CT molecular complexity index is 620. The molecule has 126 valence electrons. The van der Waals surface area contributed by atoms with Crippen molar-refractivity contribution in [3.63, 3.8) is 0 Å². The summed E-state index contributed by atoms with van der Waals surface area (Å²) in [6, 6.07) is 2.00. The van der Waals surface area contributed by atoms with Crippen LogP contribution in [-0.4, -0.2) is 45.3 Å². The highest BCUT2D eigenvalue weighted by atomic mass is 35.5. The molecule has 0 aliphatic carbocycles. The first-order valence-electron chi connectivity index (χ1n) is 6.49. The summed E-state index contributed by atoms with van der Waals surface area (Å²) < 4.78 is 15.1. The number of amides is 3. The minimum Gasteiger partial charge on any atom is -0.493 e. The average Bonchev–Trinajstić information content (AvgIpc) is 2.53. The van der Waals surface area contributed by atoms with E-state index in [2.05, 4.69) is 5.32 Å². The monoisotopic (exact) mass is 344 g/mol. The van der Waals surface area contributed by atoms with Gasteiger partial charge in [0.2, 0.25) is 0 Å². The van der Waals surface area contributed by atoms with E-state index >= 15 is 0 Å². The van der Waals surface area contributed by atoms with E-state index in [0.29, 0.717) is 0 Å². The second kappa shape index (κ2) is 8.23. The van der Waals surface area contributed by atoms with E-state index in [4.69, 9.17) is 25.8 Å². The molecule has 0 saturated carbocycles. The molecule has 1 aromatic rings. The zero-order valence-corrected chi connectivity index (χ0v) is 13.8. The van der Waals surface area contributed by atoms with E-state index in [9.17, 15) is 14.4 Å². The standard InChI is InChI=1S/C14H17ClN2O6/c1-7(12(18)17-14(20)16-2)23-13(19)8-5-9(15)11(22-4)10(6-8)21-3/h5-7H,1-4H3,(H2,16,17,18,20)/t7-/m0/s1. The smallest absolute Gasteiger partial charge is 0.339 e. The van der Waals surface area contributed by atoms with Gasteiger partial charge in [0.15, 0.2) is 17.6 Å². The fraction of sp³-hybridized carbons (Fsp3) is 0.357. The van der Waals surface area contributed by atoms with Crippen LogP contribution in [0.2, 0.25) is 5.02 Å². The molecule has 0 fully saturated rings. The number of ether oxygens (including phenoxy) is 3. The Morgan fingerprint density at radius 3 is 2.35 bits per heavy atom. The van der Waals surface area contributed by atoms with E-state index in [-0.39, 0.29) is 22.1 Å². The quantitative estimate of drug-likeness (QED) is 0.782. The van der Waals surface area contributed by atoms with Crippen molar-refractivity contribution in [2.75, 3.05) is 21.3 Å². The molecule has 0 bridgehead atoms. The van der Waals surface area contributed by atoms with E-state index in [1.807, 2.05) is 5.32 Å². The molecule has 0 unspecified atom stereocenters. The number of carbonyl (C=O) groups excluding carboxylic acids is 3. The summed E-state index contributed by atoms with van der Waals surface area (Å²) in [6.45, 7) is 1.33. The van der Waals surface area contributed by atoms with Gasteiger partial charge in [-0.1, -0.05) is 11.6 Å². The van der Waals surface area contributed by atoms with Gasteiger partial charge in [0.25, 0.3) is 5.91 Å². The molecule has 1 rings (SSSR count). The number of benzene rings is 1. The second-order valence-corrected chi connectivity index (χ2v) is 4.72. The molecule has 0 spiro atoms. The number of esters is 1. The van der Waals surface area contributed by atoms with E-state index in [1.54, 1.807) is 0 Å². The first-order chi connectivity index (χ1) is 10.8. The third kappa shape index (κ3) is 4.75. The van der Waals surface area contributed by atoms with Crippen molar-refractivity contribution in [1.82, 2.24) is 10.6 Å². The van der Waals surface area contributed by atoms with Gasteiger partial charge in [-0.15, -0.1) is 0 Å². The molecular weight excluding hydrogens is 328 g/mol. The Morgan fingerprint density at radius 2 is 1.83 bits per heavy atom. The van der Waals surface area contributed by atoms with Crippen LogP contribution < -0.4 is 20.1 Å². The van der Waals surface area contributed by atoms with Crippen molar-refractivity contribution in [1.29, 1.82) is 0 Å². The maximum absolute atomic E-state index is 12.1. The summed E-state index contributed by atoms with van der Waals surface area (Å²) in [5.41, 5.74) is 0.0762. The summed E-state index contributed by atoms with van der Waals surface area (Å²) >= 11 is 6.00. The second-order valence-electron chi connectivity index (χ2n) is 4.31. The molecule has 0 radical (unpaired) electrons. The van der Waals surface area contributed by atoms with Crippen LogP contribution in [0.15, 0.2) is 12.1 Å². The van der Waals surface area contributed by atoms with Crippen LogP contribution in [0.25, 0.3) is 0 Å². The van der Waals surface area contributed by atoms with Crippen molar-refractivity contribution >= 4 is 29.5 Å². The molecule has 0 aromatic heterocycles. The number of urea groups is 1. The number of rotatable bonds is 5. The van der Waals surface area contributed by atoms with Crippen molar-refractivity contribution in [3.8, 4) is 11.5 Å². The van der Waals surface area contributed by atoms with Crippen molar-refractivity contribution in [3.05, 3.63) is 22.7 Å². The van der Waals surface area contributed by atoms with Gasteiger partial charge in [-0.2, -0.15) is 0 Å².